The number of aryl methyl sites for hydroxylation is 2. The summed E-state index contributed by atoms with van der Waals surface area (Å²) in [6.07, 6.45) is 1.67. The summed E-state index contributed by atoms with van der Waals surface area (Å²) in [5, 5.41) is 0. The first kappa shape index (κ1) is 13.5. The lowest BCUT2D eigenvalue weighted by Crippen LogP contribution is -2.09. The summed E-state index contributed by atoms with van der Waals surface area (Å²) in [6.45, 7) is 3.66. The number of rotatable bonds is 2. The van der Waals surface area contributed by atoms with Crippen molar-refractivity contribution in [2.24, 2.45) is 0 Å². The molecule has 0 aliphatic carbocycles. The maximum Gasteiger partial charge on any atom is 0.360 e. The molecule has 0 bridgehead atoms. The summed E-state index contributed by atoms with van der Waals surface area (Å²) < 4.78 is 7.15. The normalized spacial score (nSPS) is 10.5. The van der Waals surface area contributed by atoms with Gasteiger partial charge >= 0.3 is 5.97 Å². The predicted octanol–water partition coefficient (Wildman–Crippen LogP) is 2.02. The van der Waals surface area contributed by atoms with Crippen LogP contribution in [0.5, 0.6) is 0 Å². The van der Waals surface area contributed by atoms with Crippen molar-refractivity contribution in [1.29, 1.82) is 0 Å². The molecule has 0 fully saturated rings. The molecule has 2 N–H and O–H groups in total. The van der Waals surface area contributed by atoms with E-state index in [-0.39, 0.29) is 11.5 Å². The van der Waals surface area contributed by atoms with Gasteiger partial charge in [-0.05, 0) is 41.4 Å². The Kier molecular flexibility index (Phi) is 3.57. The number of ether oxygens (including phenoxy) is 1. The van der Waals surface area contributed by atoms with Gasteiger partial charge in [-0.1, -0.05) is 0 Å². The molecule has 2 heterocycles. The number of hydrogen-bond acceptors (Lipinski definition) is 5. The molecule has 0 saturated carbocycles. The Bertz CT molecular complexity index is 651. The third kappa shape index (κ3) is 2.33. The number of pyridine rings is 1. The van der Waals surface area contributed by atoms with Crippen molar-refractivity contribution in [3.05, 3.63) is 33.8 Å². The van der Waals surface area contributed by atoms with E-state index in [2.05, 4.69) is 30.6 Å². The van der Waals surface area contributed by atoms with Crippen LogP contribution in [0.25, 0.3) is 5.82 Å². The minimum Gasteiger partial charge on any atom is -0.464 e. The van der Waals surface area contributed by atoms with Gasteiger partial charge in [0.25, 0.3) is 0 Å². The molecule has 19 heavy (non-hydrogen) atoms. The van der Waals surface area contributed by atoms with Gasteiger partial charge in [0.1, 0.15) is 17.5 Å². The molecule has 0 aliphatic heterocycles. The number of aromatic nitrogens is 3. The topological polar surface area (TPSA) is 83.0 Å². The number of nitrogen functional groups attached to an aromatic ring is 1. The lowest BCUT2D eigenvalue weighted by atomic mass is 10.3. The first-order valence-corrected chi connectivity index (χ1v) is 6.30. The van der Waals surface area contributed by atoms with E-state index in [0.29, 0.717) is 11.6 Å². The van der Waals surface area contributed by atoms with Crippen molar-refractivity contribution in [2.75, 3.05) is 12.8 Å². The SMILES string of the molecule is COC(=O)c1nc(C)n(-c2ncc(Br)cc2C)c1N. The van der Waals surface area contributed by atoms with E-state index in [1.807, 2.05) is 13.0 Å². The Morgan fingerprint density at radius 3 is 2.74 bits per heavy atom. The van der Waals surface area contributed by atoms with E-state index in [9.17, 15) is 4.79 Å². The van der Waals surface area contributed by atoms with Gasteiger partial charge in [0.2, 0.25) is 0 Å². The molecule has 0 unspecified atom stereocenters. The lowest BCUT2D eigenvalue weighted by Gasteiger charge is -2.09. The van der Waals surface area contributed by atoms with Crippen LogP contribution in [0.4, 0.5) is 5.82 Å². The smallest absolute Gasteiger partial charge is 0.360 e. The van der Waals surface area contributed by atoms with Crippen molar-refractivity contribution < 1.29 is 9.53 Å². The highest BCUT2D eigenvalue weighted by Crippen LogP contribution is 2.23. The monoisotopic (exact) mass is 324 g/mol. The van der Waals surface area contributed by atoms with Crippen LogP contribution in [0, 0.1) is 13.8 Å². The maximum absolute atomic E-state index is 11.6. The third-order valence-electron chi connectivity index (χ3n) is 2.69. The number of anilines is 1. The summed E-state index contributed by atoms with van der Waals surface area (Å²) in [4.78, 5) is 20.0. The summed E-state index contributed by atoms with van der Waals surface area (Å²) in [6, 6.07) is 1.92. The second-order valence-corrected chi connectivity index (χ2v) is 4.93. The molecule has 6 nitrogen and oxygen atoms in total. The number of halogens is 1. The van der Waals surface area contributed by atoms with E-state index < -0.39 is 5.97 Å². The van der Waals surface area contributed by atoms with Crippen LogP contribution in [0.15, 0.2) is 16.7 Å². The Hall–Kier alpha value is -1.89. The first-order chi connectivity index (χ1) is 8.95. The van der Waals surface area contributed by atoms with Gasteiger partial charge in [0.15, 0.2) is 5.69 Å². The number of carbonyl (C=O) groups excluding carboxylic acids is 1. The van der Waals surface area contributed by atoms with Gasteiger partial charge in [0.05, 0.1) is 7.11 Å². The molecule has 0 aliphatic rings. The molecule has 7 heteroatoms. The number of methoxy groups -OCH3 is 1. The fraction of sp³-hybridized carbons (Fsp3) is 0.250. The fourth-order valence-electron chi connectivity index (χ4n) is 1.83. The number of esters is 1. The zero-order valence-electron chi connectivity index (χ0n) is 10.8. The van der Waals surface area contributed by atoms with E-state index in [4.69, 9.17) is 5.73 Å². The van der Waals surface area contributed by atoms with Gasteiger partial charge in [-0.25, -0.2) is 14.8 Å². The quantitative estimate of drug-likeness (QED) is 0.854. The van der Waals surface area contributed by atoms with Crippen LogP contribution in [-0.2, 0) is 4.74 Å². The Balaban J connectivity index is 2.63. The van der Waals surface area contributed by atoms with Crippen molar-refractivity contribution in [3.8, 4) is 5.82 Å². The number of nitrogens with zero attached hydrogens (tertiary/aromatic N) is 3. The molecule has 100 valence electrons. The zero-order chi connectivity index (χ0) is 14.2. The predicted molar refractivity (Wildman–Crippen MR) is 74.3 cm³/mol. The molecule has 0 radical (unpaired) electrons. The van der Waals surface area contributed by atoms with Gasteiger partial charge in [0, 0.05) is 10.7 Å². The third-order valence-corrected chi connectivity index (χ3v) is 3.12. The summed E-state index contributed by atoms with van der Waals surface area (Å²) in [5.41, 5.74) is 6.98. The average molecular weight is 325 g/mol. The molecule has 2 aromatic heterocycles. The second kappa shape index (κ2) is 5.00. The van der Waals surface area contributed by atoms with Crippen molar-refractivity contribution >= 4 is 27.7 Å². The van der Waals surface area contributed by atoms with E-state index in [1.54, 1.807) is 17.7 Å². The molecule has 0 saturated heterocycles. The number of nitrogens with two attached hydrogens (primary N) is 1. The van der Waals surface area contributed by atoms with Crippen LogP contribution >= 0.6 is 15.9 Å². The molecule has 0 aromatic carbocycles. The molecule has 0 spiro atoms. The fourth-order valence-corrected chi connectivity index (χ4v) is 2.28. The van der Waals surface area contributed by atoms with Crippen LogP contribution in [0.3, 0.4) is 0 Å². The molecule has 0 amide bonds. The standard InChI is InChI=1S/C12H13BrN4O2/c1-6-4-8(13)5-15-11(6)17-7(2)16-9(10(17)14)12(18)19-3/h4-5H,14H2,1-3H3. The minimum absolute atomic E-state index is 0.101. The van der Waals surface area contributed by atoms with Gasteiger partial charge < -0.3 is 10.5 Å². The van der Waals surface area contributed by atoms with E-state index in [1.165, 1.54) is 7.11 Å². The van der Waals surface area contributed by atoms with Crippen molar-refractivity contribution in [2.45, 2.75) is 13.8 Å². The highest BCUT2D eigenvalue weighted by Gasteiger charge is 2.21. The van der Waals surface area contributed by atoms with Crippen LogP contribution in [-0.4, -0.2) is 27.6 Å². The molecule has 0 atom stereocenters. The highest BCUT2D eigenvalue weighted by molar-refractivity contribution is 9.10. The highest BCUT2D eigenvalue weighted by atomic mass is 79.9. The molecule has 2 aromatic rings. The zero-order valence-corrected chi connectivity index (χ0v) is 12.4. The molecule has 2 rings (SSSR count). The lowest BCUT2D eigenvalue weighted by molar-refractivity contribution is 0.0596. The first-order valence-electron chi connectivity index (χ1n) is 5.51. The van der Waals surface area contributed by atoms with E-state index in [0.717, 1.165) is 10.0 Å². The van der Waals surface area contributed by atoms with Gasteiger partial charge in [-0.15, -0.1) is 0 Å². The number of imidazole rings is 1. The molecular formula is C12H13BrN4O2. The largest absolute Gasteiger partial charge is 0.464 e. The van der Waals surface area contributed by atoms with Crippen LogP contribution in [0.1, 0.15) is 21.9 Å². The molecular weight excluding hydrogens is 312 g/mol. The second-order valence-electron chi connectivity index (χ2n) is 4.01. The van der Waals surface area contributed by atoms with Crippen molar-refractivity contribution in [3.63, 3.8) is 0 Å². The van der Waals surface area contributed by atoms with E-state index >= 15 is 0 Å². The van der Waals surface area contributed by atoms with Crippen LogP contribution in [0.2, 0.25) is 0 Å². The Labute approximate surface area is 118 Å². The summed E-state index contributed by atoms with van der Waals surface area (Å²) in [7, 11) is 1.29. The van der Waals surface area contributed by atoms with Crippen molar-refractivity contribution in [1.82, 2.24) is 14.5 Å². The summed E-state index contributed by atoms with van der Waals surface area (Å²) >= 11 is 3.35. The Morgan fingerprint density at radius 1 is 1.47 bits per heavy atom. The Morgan fingerprint density at radius 2 is 2.16 bits per heavy atom. The minimum atomic E-state index is -0.561. The van der Waals surface area contributed by atoms with Gasteiger partial charge in [-0.2, -0.15) is 0 Å². The van der Waals surface area contributed by atoms with Crippen LogP contribution < -0.4 is 5.73 Å². The van der Waals surface area contributed by atoms with Gasteiger partial charge in [-0.3, -0.25) is 4.57 Å². The number of hydrogen-bond donors (Lipinski definition) is 1. The maximum atomic E-state index is 11.6. The number of carbonyl (C=O) groups is 1. The summed E-state index contributed by atoms with van der Waals surface area (Å²) in [5.74, 6) is 0.882. The average Bonchev–Trinajstić information content (AvgIpc) is 2.65.